The van der Waals surface area contributed by atoms with Crippen molar-refractivity contribution in [3.05, 3.63) is 17.8 Å². The molecule has 1 amide bonds. The van der Waals surface area contributed by atoms with Gasteiger partial charge < -0.3 is 14.4 Å². The molecule has 1 aromatic heterocycles. The van der Waals surface area contributed by atoms with E-state index in [9.17, 15) is 9.59 Å². The van der Waals surface area contributed by atoms with E-state index in [-0.39, 0.29) is 5.69 Å². The molecule has 3 rings (SSSR count). The van der Waals surface area contributed by atoms with Gasteiger partial charge in [0.05, 0.1) is 25.3 Å². The molecule has 7 nitrogen and oxygen atoms in total. The van der Waals surface area contributed by atoms with Crippen LogP contribution in [0.25, 0.3) is 0 Å². The van der Waals surface area contributed by atoms with Crippen molar-refractivity contribution in [2.75, 3.05) is 23.4 Å². The summed E-state index contributed by atoms with van der Waals surface area (Å²) in [6.07, 6.45) is 2.23. The Morgan fingerprint density at radius 2 is 2.00 bits per heavy atom. The van der Waals surface area contributed by atoms with E-state index in [1.165, 1.54) is 0 Å². The largest absolute Gasteiger partial charge is 0.444 e. The molecule has 7 heteroatoms. The second-order valence-corrected chi connectivity index (χ2v) is 7.21. The highest BCUT2D eigenvalue weighted by Crippen LogP contribution is 2.35. The lowest BCUT2D eigenvalue weighted by atomic mass is 10.2. The van der Waals surface area contributed by atoms with E-state index >= 15 is 0 Å². The second kappa shape index (κ2) is 6.39. The first-order chi connectivity index (χ1) is 11.4. The van der Waals surface area contributed by atoms with Crippen molar-refractivity contribution >= 4 is 23.9 Å². The number of carbonyl (C=O) groups is 2. The number of fused-ring (bicyclic) bond motifs is 2. The fourth-order valence-corrected chi connectivity index (χ4v) is 3.27. The molecule has 0 aromatic carbocycles. The lowest BCUT2D eigenvalue weighted by Gasteiger charge is -2.36. The van der Waals surface area contributed by atoms with Crippen molar-refractivity contribution in [2.45, 2.75) is 51.3 Å². The number of aromatic nitrogens is 1. The van der Waals surface area contributed by atoms with E-state index in [0.717, 1.165) is 18.5 Å². The molecule has 2 fully saturated rings. The smallest absolute Gasteiger partial charge is 0.413 e. The van der Waals surface area contributed by atoms with E-state index in [1.807, 2.05) is 0 Å². The Kier molecular flexibility index (Phi) is 4.45. The van der Waals surface area contributed by atoms with Gasteiger partial charge in [-0.15, -0.1) is 0 Å². The van der Waals surface area contributed by atoms with Crippen LogP contribution < -0.4 is 10.2 Å². The summed E-state index contributed by atoms with van der Waals surface area (Å²) < 4.78 is 10.8. The highest BCUT2D eigenvalue weighted by atomic mass is 16.6. The summed E-state index contributed by atoms with van der Waals surface area (Å²) in [5.41, 5.74) is 0.566. The first-order valence-electron chi connectivity index (χ1n) is 8.19. The number of amides is 1. The number of nitrogens with zero attached hydrogens (tertiary/aromatic N) is 2. The molecule has 1 aromatic rings. The van der Waals surface area contributed by atoms with Gasteiger partial charge in [-0.05, 0) is 39.7 Å². The number of anilines is 2. The van der Waals surface area contributed by atoms with Crippen LogP contribution in [0.15, 0.2) is 12.1 Å². The predicted octanol–water partition coefficient (Wildman–Crippen LogP) is 2.61. The fraction of sp³-hybridized carbons (Fsp3) is 0.588. The van der Waals surface area contributed by atoms with Gasteiger partial charge in [0.25, 0.3) is 0 Å². The van der Waals surface area contributed by atoms with E-state index in [4.69, 9.17) is 9.47 Å². The summed E-state index contributed by atoms with van der Waals surface area (Å²) in [5, 5.41) is 2.61. The number of pyridine rings is 1. The maximum absolute atomic E-state index is 12.0. The number of carbonyl (C=O) groups excluding carboxylic acids is 2. The molecule has 0 spiro atoms. The number of hydrogen-bond acceptors (Lipinski definition) is 6. The Bertz CT molecular complexity index is 625. The third-order valence-corrected chi connectivity index (χ3v) is 4.12. The molecule has 2 bridgehead atoms. The van der Waals surface area contributed by atoms with Crippen LogP contribution in [0.2, 0.25) is 0 Å². The Hall–Kier alpha value is -2.15. The molecule has 24 heavy (non-hydrogen) atoms. The third kappa shape index (κ3) is 3.67. The Morgan fingerprint density at radius 3 is 2.58 bits per heavy atom. The van der Waals surface area contributed by atoms with Crippen molar-refractivity contribution in [2.24, 2.45) is 0 Å². The van der Waals surface area contributed by atoms with Gasteiger partial charge in [-0.25, -0.2) is 9.78 Å². The summed E-state index contributed by atoms with van der Waals surface area (Å²) in [7, 11) is 0. The molecule has 2 atom stereocenters. The summed E-state index contributed by atoms with van der Waals surface area (Å²) in [6, 6.07) is 4.15. The number of hydrogen-bond donors (Lipinski definition) is 1. The fourth-order valence-electron chi connectivity index (χ4n) is 3.27. The summed E-state index contributed by atoms with van der Waals surface area (Å²) in [6.45, 7) is 6.74. The van der Waals surface area contributed by atoms with E-state index in [2.05, 4.69) is 15.2 Å². The van der Waals surface area contributed by atoms with Crippen LogP contribution in [0, 0.1) is 0 Å². The van der Waals surface area contributed by atoms with Crippen molar-refractivity contribution in [3.63, 3.8) is 0 Å². The highest BCUT2D eigenvalue weighted by Gasteiger charge is 2.37. The van der Waals surface area contributed by atoms with Gasteiger partial charge in [0.15, 0.2) is 6.29 Å². The van der Waals surface area contributed by atoms with Gasteiger partial charge in [-0.1, -0.05) is 0 Å². The molecule has 0 saturated carbocycles. The average Bonchev–Trinajstić information content (AvgIpc) is 2.74. The highest BCUT2D eigenvalue weighted by molar-refractivity contribution is 5.86. The summed E-state index contributed by atoms with van der Waals surface area (Å²) >= 11 is 0. The maximum atomic E-state index is 12.0. The number of rotatable bonds is 3. The lowest BCUT2D eigenvalue weighted by Crippen LogP contribution is -2.46. The molecule has 0 aliphatic carbocycles. The maximum Gasteiger partial charge on any atom is 0.413 e. The molecule has 1 N–H and O–H groups in total. The molecule has 2 aliphatic rings. The van der Waals surface area contributed by atoms with Gasteiger partial charge in [0, 0.05) is 11.8 Å². The van der Waals surface area contributed by atoms with E-state index in [1.54, 1.807) is 32.9 Å². The lowest BCUT2D eigenvalue weighted by molar-refractivity contribution is 0.0635. The Labute approximate surface area is 141 Å². The number of morpholine rings is 1. The van der Waals surface area contributed by atoms with Gasteiger partial charge in [0.2, 0.25) is 0 Å². The molecule has 130 valence electrons. The van der Waals surface area contributed by atoms with Gasteiger partial charge >= 0.3 is 6.09 Å². The molecule has 3 heterocycles. The standard InChI is InChI=1S/C17H23N3O4/c1-17(2,3)24-16(22)19-15-7-14(6-11(8-21)18-15)20-12-4-5-13(20)10-23-9-12/h6-8,12-13H,4-5,9-10H2,1-3H3,(H,18,19,22). The van der Waals surface area contributed by atoms with Crippen molar-refractivity contribution in [3.8, 4) is 0 Å². The number of aldehydes is 1. The third-order valence-electron chi connectivity index (χ3n) is 4.12. The summed E-state index contributed by atoms with van der Waals surface area (Å²) in [5.74, 6) is 0.315. The Morgan fingerprint density at radius 1 is 1.33 bits per heavy atom. The minimum atomic E-state index is -0.599. The van der Waals surface area contributed by atoms with Gasteiger partial charge in [-0.2, -0.15) is 0 Å². The molecule has 0 radical (unpaired) electrons. The minimum Gasteiger partial charge on any atom is -0.444 e. The van der Waals surface area contributed by atoms with Crippen molar-refractivity contribution < 1.29 is 19.1 Å². The number of ether oxygens (including phenoxy) is 2. The van der Waals surface area contributed by atoms with E-state index < -0.39 is 11.7 Å². The predicted molar refractivity (Wildman–Crippen MR) is 89.6 cm³/mol. The molecular formula is C17H23N3O4. The van der Waals surface area contributed by atoms with Crippen molar-refractivity contribution in [1.82, 2.24) is 4.98 Å². The minimum absolute atomic E-state index is 0.282. The monoisotopic (exact) mass is 333 g/mol. The first kappa shape index (κ1) is 16.7. The van der Waals surface area contributed by atoms with Crippen LogP contribution in [-0.2, 0) is 9.47 Å². The van der Waals surface area contributed by atoms with Crippen LogP contribution >= 0.6 is 0 Å². The SMILES string of the molecule is CC(C)(C)OC(=O)Nc1cc(N2C3CCC2COC3)cc(C=O)n1. The zero-order chi connectivity index (χ0) is 17.3. The quantitative estimate of drug-likeness (QED) is 0.857. The van der Waals surface area contributed by atoms with Crippen LogP contribution in [0.1, 0.15) is 44.1 Å². The topological polar surface area (TPSA) is 80.8 Å². The molecule has 2 saturated heterocycles. The van der Waals surface area contributed by atoms with Crippen LogP contribution in [0.3, 0.4) is 0 Å². The second-order valence-electron chi connectivity index (χ2n) is 7.21. The first-order valence-corrected chi connectivity index (χ1v) is 8.19. The molecular weight excluding hydrogens is 310 g/mol. The van der Waals surface area contributed by atoms with Crippen molar-refractivity contribution in [1.29, 1.82) is 0 Å². The zero-order valence-electron chi connectivity index (χ0n) is 14.2. The van der Waals surface area contributed by atoms with Crippen LogP contribution in [0.5, 0.6) is 0 Å². The average molecular weight is 333 g/mol. The van der Waals surface area contributed by atoms with Gasteiger partial charge in [-0.3, -0.25) is 10.1 Å². The van der Waals surface area contributed by atoms with E-state index in [0.29, 0.717) is 37.4 Å². The normalized spacial score (nSPS) is 23.0. The summed E-state index contributed by atoms with van der Waals surface area (Å²) in [4.78, 5) is 29.6. The van der Waals surface area contributed by atoms with Crippen LogP contribution in [-0.4, -0.2) is 48.3 Å². The molecule has 2 unspecified atom stereocenters. The molecule has 2 aliphatic heterocycles. The zero-order valence-corrected chi connectivity index (χ0v) is 14.2. The van der Waals surface area contributed by atoms with Crippen LogP contribution in [0.4, 0.5) is 16.3 Å². The Balaban J connectivity index is 1.83. The van der Waals surface area contributed by atoms with Gasteiger partial charge in [0.1, 0.15) is 17.1 Å². The number of nitrogens with one attached hydrogen (secondary N) is 1.